The van der Waals surface area contributed by atoms with Crippen molar-refractivity contribution >= 4 is 45.2 Å². The minimum atomic E-state index is -0.424. The number of amides is 2. The van der Waals surface area contributed by atoms with Crippen LogP contribution in [0.1, 0.15) is 31.9 Å². The molecule has 5 nitrogen and oxygen atoms in total. The molecule has 0 bridgehead atoms. The highest BCUT2D eigenvalue weighted by atomic mass is 79.9. The quantitative estimate of drug-likeness (QED) is 0.759. The first-order valence-electron chi connectivity index (χ1n) is 7.85. The fraction of sp³-hybridized carbons (Fsp3) is 0.278. The zero-order valence-corrected chi connectivity index (χ0v) is 16.3. The highest BCUT2D eigenvalue weighted by Crippen LogP contribution is 2.22. The minimum absolute atomic E-state index is 0.119. The molecule has 0 aliphatic rings. The molecule has 0 radical (unpaired) electrons. The number of rotatable bonds is 6. The number of nitrogens with zero attached hydrogens (tertiary/aromatic N) is 2. The molecule has 0 saturated heterocycles. The van der Waals surface area contributed by atoms with Gasteiger partial charge in [-0.05, 0) is 52.7 Å². The SMILES string of the molecule is CCN(C(=O)CC(NC(C)=O)c1ccc(Cl)cc1)c1ccc(Br)cn1. The number of nitrogens with one attached hydrogen (secondary N) is 1. The highest BCUT2D eigenvalue weighted by molar-refractivity contribution is 9.10. The number of carbonyl (C=O) groups excluding carboxylic acids is 2. The van der Waals surface area contributed by atoms with Gasteiger partial charge in [0, 0.05) is 29.2 Å². The predicted octanol–water partition coefficient (Wildman–Crippen LogP) is 4.12. The third-order valence-electron chi connectivity index (χ3n) is 3.63. The summed E-state index contributed by atoms with van der Waals surface area (Å²) in [5, 5.41) is 3.43. The molecule has 2 aromatic rings. The van der Waals surface area contributed by atoms with E-state index >= 15 is 0 Å². The van der Waals surface area contributed by atoms with Gasteiger partial charge in [0.1, 0.15) is 5.82 Å². The van der Waals surface area contributed by atoms with E-state index in [1.165, 1.54) is 6.92 Å². The summed E-state index contributed by atoms with van der Waals surface area (Å²) in [5.41, 5.74) is 0.827. The van der Waals surface area contributed by atoms with Gasteiger partial charge in [-0.1, -0.05) is 23.7 Å². The minimum Gasteiger partial charge on any atom is -0.349 e. The lowest BCUT2D eigenvalue weighted by Gasteiger charge is -2.24. The Morgan fingerprint density at radius 2 is 1.92 bits per heavy atom. The molecule has 2 rings (SSSR count). The van der Waals surface area contributed by atoms with Crippen LogP contribution < -0.4 is 10.2 Å². The third kappa shape index (κ3) is 5.54. The molecule has 1 atom stereocenters. The molecule has 0 saturated carbocycles. The number of hydrogen-bond donors (Lipinski definition) is 1. The van der Waals surface area contributed by atoms with Crippen LogP contribution in [0.4, 0.5) is 5.82 Å². The van der Waals surface area contributed by atoms with Crippen molar-refractivity contribution in [1.82, 2.24) is 10.3 Å². The Morgan fingerprint density at radius 1 is 1.24 bits per heavy atom. The molecule has 7 heteroatoms. The van der Waals surface area contributed by atoms with E-state index in [0.717, 1.165) is 10.0 Å². The molecule has 1 aromatic carbocycles. The molecule has 1 heterocycles. The van der Waals surface area contributed by atoms with E-state index in [1.807, 2.05) is 25.1 Å². The number of anilines is 1. The van der Waals surface area contributed by atoms with Crippen molar-refractivity contribution < 1.29 is 9.59 Å². The van der Waals surface area contributed by atoms with Gasteiger partial charge in [-0.15, -0.1) is 0 Å². The maximum atomic E-state index is 12.8. The van der Waals surface area contributed by atoms with Gasteiger partial charge >= 0.3 is 0 Å². The highest BCUT2D eigenvalue weighted by Gasteiger charge is 2.22. The van der Waals surface area contributed by atoms with Crippen LogP contribution in [0, 0.1) is 0 Å². The Labute approximate surface area is 160 Å². The van der Waals surface area contributed by atoms with Crippen molar-refractivity contribution in [3.05, 3.63) is 57.7 Å². The van der Waals surface area contributed by atoms with Crippen molar-refractivity contribution in [1.29, 1.82) is 0 Å². The summed E-state index contributed by atoms with van der Waals surface area (Å²) in [6, 6.07) is 10.3. The molecular weight excluding hydrogens is 406 g/mol. The molecule has 1 N–H and O–H groups in total. The standard InChI is InChI=1S/C18H19BrClN3O2/c1-3-23(17-9-6-14(19)11-21-17)18(25)10-16(22-12(2)24)13-4-7-15(20)8-5-13/h4-9,11,16H,3,10H2,1-2H3,(H,22,24). The first-order valence-corrected chi connectivity index (χ1v) is 9.02. The Morgan fingerprint density at radius 3 is 2.44 bits per heavy atom. The number of benzene rings is 1. The van der Waals surface area contributed by atoms with Crippen LogP contribution in [0.25, 0.3) is 0 Å². The van der Waals surface area contributed by atoms with E-state index in [1.54, 1.807) is 29.3 Å². The van der Waals surface area contributed by atoms with Gasteiger partial charge in [-0.2, -0.15) is 0 Å². The molecule has 1 unspecified atom stereocenters. The second-order valence-corrected chi connectivity index (χ2v) is 6.83. The molecule has 0 spiro atoms. The fourth-order valence-electron chi connectivity index (χ4n) is 2.47. The summed E-state index contributed by atoms with van der Waals surface area (Å²) in [7, 11) is 0. The van der Waals surface area contributed by atoms with Crippen LogP contribution in [-0.2, 0) is 9.59 Å². The number of halogens is 2. The van der Waals surface area contributed by atoms with Gasteiger partial charge in [0.05, 0.1) is 12.5 Å². The van der Waals surface area contributed by atoms with Gasteiger partial charge in [0.2, 0.25) is 11.8 Å². The lowest BCUT2D eigenvalue weighted by Crippen LogP contribution is -2.36. The Balaban J connectivity index is 2.20. The summed E-state index contributed by atoms with van der Waals surface area (Å²) in [5.74, 6) is 0.261. The molecular formula is C18H19BrClN3O2. The second kappa shape index (κ2) is 8.97. The average Bonchev–Trinajstić information content (AvgIpc) is 2.57. The molecule has 0 aliphatic heterocycles. The van der Waals surface area contributed by atoms with Crippen LogP contribution in [0.3, 0.4) is 0 Å². The molecule has 25 heavy (non-hydrogen) atoms. The van der Waals surface area contributed by atoms with E-state index in [-0.39, 0.29) is 18.2 Å². The second-order valence-electron chi connectivity index (χ2n) is 5.48. The molecule has 0 fully saturated rings. The first-order chi connectivity index (χ1) is 11.9. The molecule has 2 amide bonds. The lowest BCUT2D eigenvalue weighted by molar-refractivity contribution is -0.121. The third-order valence-corrected chi connectivity index (χ3v) is 4.36. The largest absolute Gasteiger partial charge is 0.349 e. The van der Waals surface area contributed by atoms with Gasteiger partial charge in [-0.3, -0.25) is 14.5 Å². The summed E-state index contributed by atoms with van der Waals surface area (Å²) < 4.78 is 0.844. The van der Waals surface area contributed by atoms with Crippen molar-refractivity contribution in [3.63, 3.8) is 0 Å². The van der Waals surface area contributed by atoms with Crippen molar-refractivity contribution in [2.45, 2.75) is 26.3 Å². The Bertz CT molecular complexity index is 735. The first kappa shape index (κ1) is 19.4. The van der Waals surface area contributed by atoms with E-state index < -0.39 is 6.04 Å². The summed E-state index contributed by atoms with van der Waals surface area (Å²) >= 11 is 9.25. The fourth-order valence-corrected chi connectivity index (χ4v) is 2.83. The smallest absolute Gasteiger partial charge is 0.230 e. The average molecular weight is 425 g/mol. The maximum Gasteiger partial charge on any atom is 0.230 e. The Hall–Kier alpha value is -1.92. The van der Waals surface area contributed by atoms with E-state index in [0.29, 0.717) is 17.4 Å². The molecule has 132 valence electrons. The molecule has 0 aliphatic carbocycles. The monoisotopic (exact) mass is 423 g/mol. The predicted molar refractivity (Wildman–Crippen MR) is 103 cm³/mol. The van der Waals surface area contributed by atoms with Gasteiger partial charge in [0.15, 0.2) is 0 Å². The van der Waals surface area contributed by atoms with Gasteiger partial charge in [0.25, 0.3) is 0 Å². The number of aromatic nitrogens is 1. The van der Waals surface area contributed by atoms with E-state index in [9.17, 15) is 9.59 Å². The van der Waals surface area contributed by atoms with Crippen LogP contribution >= 0.6 is 27.5 Å². The van der Waals surface area contributed by atoms with Crippen molar-refractivity contribution in [3.8, 4) is 0 Å². The Kier molecular flexibility index (Phi) is 6.96. The summed E-state index contributed by atoms with van der Waals surface area (Å²) in [6.45, 7) is 3.81. The summed E-state index contributed by atoms with van der Waals surface area (Å²) in [4.78, 5) is 30.2. The topological polar surface area (TPSA) is 62.3 Å². The zero-order chi connectivity index (χ0) is 18.4. The maximum absolute atomic E-state index is 12.8. The number of pyridine rings is 1. The molecule has 1 aromatic heterocycles. The number of hydrogen-bond acceptors (Lipinski definition) is 3. The van der Waals surface area contributed by atoms with Crippen molar-refractivity contribution in [2.75, 3.05) is 11.4 Å². The normalized spacial score (nSPS) is 11.7. The zero-order valence-electron chi connectivity index (χ0n) is 14.0. The van der Waals surface area contributed by atoms with Crippen LogP contribution in [0.5, 0.6) is 0 Å². The van der Waals surface area contributed by atoms with Crippen molar-refractivity contribution in [2.24, 2.45) is 0 Å². The van der Waals surface area contributed by atoms with Crippen LogP contribution in [0.15, 0.2) is 47.1 Å². The van der Waals surface area contributed by atoms with E-state index in [2.05, 4.69) is 26.2 Å². The summed E-state index contributed by atoms with van der Waals surface area (Å²) in [6.07, 6.45) is 1.78. The van der Waals surface area contributed by atoms with Gasteiger partial charge < -0.3 is 5.32 Å². The number of carbonyl (C=O) groups is 2. The van der Waals surface area contributed by atoms with Crippen LogP contribution in [-0.4, -0.2) is 23.3 Å². The van der Waals surface area contributed by atoms with Gasteiger partial charge in [-0.25, -0.2) is 4.98 Å². The lowest BCUT2D eigenvalue weighted by atomic mass is 10.0. The van der Waals surface area contributed by atoms with E-state index in [4.69, 9.17) is 11.6 Å². The van der Waals surface area contributed by atoms with Crippen LogP contribution in [0.2, 0.25) is 5.02 Å².